The van der Waals surface area contributed by atoms with Crippen molar-refractivity contribution in [3.63, 3.8) is 0 Å². The normalized spacial score (nSPS) is 12.4. The van der Waals surface area contributed by atoms with Crippen LogP contribution in [0.4, 0.5) is 0 Å². The molecule has 18 heavy (non-hydrogen) atoms. The van der Waals surface area contributed by atoms with Crippen LogP contribution in [0.3, 0.4) is 0 Å². The fourth-order valence-electron chi connectivity index (χ4n) is 2.27. The molecule has 0 saturated carbocycles. The third kappa shape index (κ3) is 2.42. The van der Waals surface area contributed by atoms with E-state index in [1.54, 1.807) is 18.4 Å². The van der Waals surface area contributed by atoms with E-state index in [9.17, 15) is 0 Å². The molecule has 2 rings (SSSR count). The van der Waals surface area contributed by atoms with E-state index >= 15 is 0 Å². The van der Waals surface area contributed by atoms with Crippen molar-refractivity contribution in [3.05, 3.63) is 51.2 Å². The summed E-state index contributed by atoms with van der Waals surface area (Å²) in [5.41, 5.74) is 3.91. The van der Waals surface area contributed by atoms with Crippen LogP contribution in [0.2, 0.25) is 0 Å². The standard InChI is InChI=1S/C15H19NOS/c1-10-5-6-12(11(2)9-10)14(16-3)15-13(17-4)7-8-18-15/h5-9,14,16H,1-4H3. The number of hydrogen-bond acceptors (Lipinski definition) is 3. The van der Waals surface area contributed by atoms with Gasteiger partial charge in [-0.25, -0.2) is 0 Å². The highest BCUT2D eigenvalue weighted by atomic mass is 32.1. The summed E-state index contributed by atoms with van der Waals surface area (Å²) in [5.74, 6) is 0.958. The lowest BCUT2D eigenvalue weighted by Crippen LogP contribution is -2.18. The van der Waals surface area contributed by atoms with Crippen molar-refractivity contribution in [2.24, 2.45) is 0 Å². The second kappa shape index (κ2) is 5.55. The smallest absolute Gasteiger partial charge is 0.134 e. The van der Waals surface area contributed by atoms with Gasteiger partial charge in [-0.2, -0.15) is 0 Å². The summed E-state index contributed by atoms with van der Waals surface area (Å²) < 4.78 is 5.42. The number of thiophene rings is 1. The molecule has 1 N–H and O–H groups in total. The van der Waals surface area contributed by atoms with Crippen LogP contribution in [0.25, 0.3) is 0 Å². The minimum Gasteiger partial charge on any atom is -0.496 e. The van der Waals surface area contributed by atoms with Gasteiger partial charge in [0.2, 0.25) is 0 Å². The van der Waals surface area contributed by atoms with Gasteiger partial charge in [0.1, 0.15) is 5.75 Å². The zero-order valence-electron chi connectivity index (χ0n) is 11.3. The van der Waals surface area contributed by atoms with E-state index in [-0.39, 0.29) is 6.04 Å². The summed E-state index contributed by atoms with van der Waals surface area (Å²) in [6.07, 6.45) is 0. The van der Waals surface area contributed by atoms with Crippen LogP contribution in [-0.4, -0.2) is 14.2 Å². The van der Waals surface area contributed by atoms with Crippen LogP contribution < -0.4 is 10.1 Å². The number of ether oxygens (including phenoxy) is 1. The van der Waals surface area contributed by atoms with E-state index in [0.717, 1.165) is 5.75 Å². The van der Waals surface area contributed by atoms with Crippen molar-refractivity contribution < 1.29 is 4.74 Å². The van der Waals surface area contributed by atoms with Gasteiger partial charge in [-0.15, -0.1) is 11.3 Å². The van der Waals surface area contributed by atoms with Crippen molar-refractivity contribution in [2.75, 3.05) is 14.2 Å². The molecule has 1 aromatic carbocycles. The predicted molar refractivity (Wildman–Crippen MR) is 77.7 cm³/mol. The summed E-state index contributed by atoms with van der Waals surface area (Å²) >= 11 is 1.73. The van der Waals surface area contributed by atoms with Gasteiger partial charge in [-0.3, -0.25) is 0 Å². The van der Waals surface area contributed by atoms with Crippen LogP contribution in [0, 0.1) is 13.8 Å². The largest absolute Gasteiger partial charge is 0.496 e. The molecule has 0 aliphatic carbocycles. The Morgan fingerprint density at radius 3 is 2.61 bits per heavy atom. The van der Waals surface area contributed by atoms with Gasteiger partial charge >= 0.3 is 0 Å². The van der Waals surface area contributed by atoms with E-state index in [1.807, 2.05) is 13.1 Å². The topological polar surface area (TPSA) is 21.3 Å². The number of aryl methyl sites for hydroxylation is 2. The molecule has 1 heterocycles. The third-order valence-corrected chi connectivity index (χ3v) is 4.13. The summed E-state index contributed by atoms with van der Waals surface area (Å²) in [4.78, 5) is 1.23. The number of methoxy groups -OCH3 is 1. The second-order valence-electron chi connectivity index (χ2n) is 4.43. The molecule has 0 saturated heterocycles. The fraction of sp³-hybridized carbons (Fsp3) is 0.333. The molecular weight excluding hydrogens is 242 g/mol. The summed E-state index contributed by atoms with van der Waals surface area (Å²) in [7, 11) is 3.71. The maximum Gasteiger partial charge on any atom is 0.134 e. The third-order valence-electron chi connectivity index (χ3n) is 3.16. The van der Waals surface area contributed by atoms with Gasteiger partial charge in [-0.1, -0.05) is 23.8 Å². The SMILES string of the molecule is CNC(c1ccc(C)cc1C)c1sccc1OC. The molecule has 0 radical (unpaired) electrons. The van der Waals surface area contributed by atoms with E-state index in [1.165, 1.54) is 21.6 Å². The van der Waals surface area contributed by atoms with Crippen LogP contribution in [-0.2, 0) is 0 Å². The molecule has 1 aromatic heterocycles. The number of benzene rings is 1. The first-order valence-corrected chi connectivity index (χ1v) is 6.91. The Morgan fingerprint density at radius 1 is 1.22 bits per heavy atom. The predicted octanol–water partition coefficient (Wildman–Crippen LogP) is 3.68. The van der Waals surface area contributed by atoms with Crippen LogP contribution in [0.5, 0.6) is 5.75 Å². The molecule has 0 aliphatic heterocycles. The quantitative estimate of drug-likeness (QED) is 0.906. The molecule has 1 atom stereocenters. The minimum absolute atomic E-state index is 0.195. The lowest BCUT2D eigenvalue weighted by Gasteiger charge is -2.19. The Hall–Kier alpha value is -1.32. The molecule has 0 aliphatic rings. The van der Waals surface area contributed by atoms with Gasteiger partial charge in [0.25, 0.3) is 0 Å². The van der Waals surface area contributed by atoms with Gasteiger partial charge in [0.15, 0.2) is 0 Å². The molecular formula is C15H19NOS. The highest BCUT2D eigenvalue weighted by Crippen LogP contribution is 2.35. The maximum atomic E-state index is 5.42. The molecule has 2 nitrogen and oxygen atoms in total. The zero-order valence-corrected chi connectivity index (χ0v) is 12.1. The average Bonchev–Trinajstić information content (AvgIpc) is 2.81. The van der Waals surface area contributed by atoms with Gasteiger partial charge in [0.05, 0.1) is 18.0 Å². The summed E-state index contributed by atoms with van der Waals surface area (Å²) in [5, 5.41) is 5.46. The van der Waals surface area contributed by atoms with Crippen molar-refractivity contribution in [1.82, 2.24) is 5.32 Å². The number of nitrogens with one attached hydrogen (secondary N) is 1. The Morgan fingerprint density at radius 2 is 2.00 bits per heavy atom. The Kier molecular flexibility index (Phi) is 4.04. The molecule has 96 valence electrons. The molecule has 0 spiro atoms. The van der Waals surface area contributed by atoms with Gasteiger partial charge in [0, 0.05) is 0 Å². The van der Waals surface area contributed by atoms with E-state index in [2.05, 4.69) is 42.7 Å². The monoisotopic (exact) mass is 261 g/mol. The second-order valence-corrected chi connectivity index (χ2v) is 5.38. The molecule has 2 aromatic rings. The fourth-order valence-corrected chi connectivity index (χ4v) is 3.25. The Bertz CT molecular complexity index is 533. The minimum atomic E-state index is 0.195. The molecule has 0 bridgehead atoms. The highest BCUT2D eigenvalue weighted by Gasteiger charge is 2.19. The van der Waals surface area contributed by atoms with Crippen LogP contribution >= 0.6 is 11.3 Å². The van der Waals surface area contributed by atoms with Crippen LogP contribution in [0.15, 0.2) is 29.6 Å². The number of rotatable bonds is 4. The van der Waals surface area contributed by atoms with E-state index in [4.69, 9.17) is 4.74 Å². The van der Waals surface area contributed by atoms with Crippen molar-refractivity contribution >= 4 is 11.3 Å². The van der Waals surface area contributed by atoms with Gasteiger partial charge in [-0.05, 0) is 43.5 Å². The lowest BCUT2D eigenvalue weighted by molar-refractivity contribution is 0.408. The number of hydrogen-bond donors (Lipinski definition) is 1. The first-order valence-electron chi connectivity index (χ1n) is 6.03. The van der Waals surface area contributed by atoms with Gasteiger partial charge < -0.3 is 10.1 Å². The summed E-state index contributed by atoms with van der Waals surface area (Å²) in [6.45, 7) is 4.28. The first-order chi connectivity index (χ1) is 8.67. The van der Waals surface area contributed by atoms with Crippen LogP contribution in [0.1, 0.15) is 27.6 Å². The van der Waals surface area contributed by atoms with Crippen molar-refractivity contribution in [3.8, 4) is 5.75 Å². The summed E-state index contributed by atoms with van der Waals surface area (Å²) in [6, 6.07) is 8.80. The molecule has 1 unspecified atom stereocenters. The Labute approximate surface area is 113 Å². The van der Waals surface area contributed by atoms with Crippen molar-refractivity contribution in [2.45, 2.75) is 19.9 Å². The molecule has 3 heteroatoms. The maximum absolute atomic E-state index is 5.42. The first kappa shape index (κ1) is 13.1. The van der Waals surface area contributed by atoms with E-state index in [0.29, 0.717) is 0 Å². The lowest BCUT2D eigenvalue weighted by atomic mass is 9.98. The molecule has 0 amide bonds. The van der Waals surface area contributed by atoms with Crippen molar-refractivity contribution in [1.29, 1.82) is 0 Å². The highest BCUT2D eigenvalue weighted by molar-refractivity contribution is 7.10. The molecule has 0 fully saturated rings. The average molecular weight is 261 g/mol. The Balaban J connectivity index is 2.45. The zero-order chi connectivity index (χ0) is 13.1. The van der Waals surface area contributed by atoms with E-state index < -0.39 is 0 Å².